The summed E-state index contributed by atoms with van der Waals surface area (Å²) in [4.78, 5) is 21.7. The van der Waals surface area contributed by atoms with Gasteiger partial charge >= 0.3 is 0 Å². The third kappa shape index (κ3) is 4.91. The molecule has 1 fully saturated rings. The normalized spacial score (nSPS) is 15.7. The zero-order valence-electron chi connectivity index (χ0n) is 12.6. The second kappa shape index (κ2) is 8.10. The number of rotatable bonds is 5. The number of halogens is 1. The Morgan fingerprint density at radius 1 is 1.26 bits per heavy atom. The van der Waals surface area contributed by atoms with Gasteiger partial charge < -0.3 is 9.72 Å². The summed E-state index contributed by atoms with van der Waals surface area (Å²) in [6.45, 7) is 3.81. The van der Waals surface area contributed by atoms with Gasteiger partial charge in [-0.3, -0.25) is 9.69 Å². The fraction of sp³-hybridized carbons (Fsp3) is 0.375. The zero-order chi connectivity index (χ0) is 16.1. The van der Waals surface area contributed by atoms with Crippen LogP contribution in [0.25, 0.3) is 0 Å². The van der Waals surface area contributed by atoms with E-state index in [4.69, 9.17) is 4.74 Å². The first-order valence-electron chi connectivity index (χ1n) is 7.46. The van der Waals surface area contributed by atoms with Crippen LogP contribution in [0.15, 0.2) is 44.9 Å². The van der Waals surface area contributed by atoms with E-state index >= 15 is 0 Å². The minimum atomic E-state index is -0.0511. The van der Waals surface area contributed by atoms with Gasteiger partial charge in [0, 0.05) is 41.6 Å². The average molecular weight is 396 g/mol. The van der Waals surface area contributed by atoms with Crippen LogP contribution in [0, 0.1) is 0 Å². The van der Waals surface area contributed by atoms with Crippen LogP contribution in [-0.2, 0) is 17.0 Å². The lowest BCUT2D eigenvalue weighted by molar-refractivity contribution is 0.0339. The van der Waals surface area contributed by atoms with Crippen molar-refractivity contribution in [2.24, 2.45) is 0 Å². The molecule has 0 aliphatic carbocycles. The van der Waals surface area contributed by atoms with Gasteiger partial charge in [-0.1, -0.05) is 39.8 Å². The first kappa shape index (κ1) is 16.7. The van der Waals surface area contributed by atoms with Crippen molar-refractivity contribution < 1.29 is 4.74 Å². The number of aromatic amines is 1. The van der Waals surface area contributed by atoms with Gasteiger partial charge in [0.25, 0.3) is 5.56 Å². The molecule has 1 aliphatic heterocycles. The Bertz CT molecular complexity index is 699. The molecule has 1 N–H and O–H groups in total. The summed E-state index contributed by atoms with van der Waals surface area (Å²) in [5, 5.41) is 0.656. The van der Waals surface area contributed by atoms with Crippen molar-refractivity contribution in [2.75, 3.05) is 26.3 Å². The molecular weight excluding hydrogens is 378 g/mol. The van der Waals surface area contributed by atoms with Crippen molar-refractivity contribution in [3.63, 3.8) is 0 Å². The van der Waals surface area contributed by atoms with Crippen LogP contribution in [0.4, 0.5) is 0 Å². The third-order valence-electron chi connectivity index (χ3n) is 3.64. The van der Waals surface area contributed by atoms with Crippen molar-refractivity contribution in [3.05, 3.63) is 56.4 Å². The Hall–Kier alpha value is -1.15. The van der Waals surface area contributed by atoms with Crippen LogP contribution in [-0.4, -0.2) is 41.2 Å². The lowest BCUT2D eigenvalue weighted by Crippen LogP contribution is -2.37. The van der Waals surface area contributed by atoms with Gasteiger partial charge in [-0.05, 0) is 17.7 Å². The first-order chi connectivity index (χ1) is 11.2. The van der Waals surface area contributed by atoms with Gasteiger partial charge in [-0.15, -0.1) is 0 Å². The molecule has 2 heterocycles. The van der Waals surface area contributed by atoms with Crippen molar-refractivity contribution in [1.82, 2.24) is 14.9 Å². The molecule has 0 radical (unpaired) electrons. The van der Waals surface area contributed by atoms with Crippen molar-refractivity contribution >= 4 is 27.7 Å². The van der Waals surface area contributed by atoms with Gasteiger partial charge in [0.1, 0.15) is 0 Å². The SMILES string of the molecule is O=c1[nH]c(SCc2ccc(Br)cc2)ncc1CN1CCOCC1. The van der Waals surface area contributed by atoms with Gasteiger partial charge in [0.05, 0.1) is 13.2 Å². The largest absolute Gasteiger partial charge is 0.379 e. The first-order valence-corrected chi connectivity index (χ1v) is 9.24. The van der Waals surface area contributed by atoms with Crippen LogP contribution in [0.3, 0.4) is 0 Å². The van der Waals surface area contributed by atoms with E-state index in [1.165, 1.54) is 17.3 Å². The Morgan fingerprint density at radius 3 is 2.70 bits per heavy atom. The molecule has 1 aromatic heterocycles. The number of ether oxygens (including phenoxy) is 1. The monoisotopic (exact) mass is 395 g/mol. The van der Waals surface area contributed by atoms with Crippen LogP contribution >= 0.6 is 27.7 Å². The lowest BCUT2D eigenvalue weighted by Gasteiger charge is -2.26. The van der Waals surface area contributed by atoms with E-state index in [1.54, 1.807) is 6.20 Å². The maximum absolute atomic E-state index is 12.2. The van der Waals surface area contributed by atoms with Crippen molar-refractivity contribution in [3.8, 4) is 0 Å². The molecular formula is C16H18BrN3O2S. The predicted molar refractivity (Wildman–Crippen MR) is 94.7 cm³/mol. The summed E-state index contributed by atoms with van der Waals surface area (Å²) in [5.74, 6) is 0.777. The number of benzene rings is 1. The fourth-order valence-electron chi connectivity index (χ4n) is 2.32. The summed E-state index contributed by atoms with van der Waals surface area (Å²) in [5.41, 5.74) is 1.85. The number of nitrogens with zero attached hydrogens (tertiary/aromatic N) is 2. The zero-order valence-corrected chi connectivity index (χ0v) is 15.0. The molecule has 7 heteroatoms. The second-order valence-electron chi connectivity index (χ2n) is 5.35. The average Bonchev–Trinajstić information content (AvgIpc) is 2.57. The molecule has 3 rings (SSSR count). The number of hydrogen-bond donors (Lipinski definition) is 1. The number of aromatic nitrogens is 2. The molecule has 2 aromatic rings. The van der Waals surface area contributed by atoms with Crippen LogP contribution in [0.1, 0.15) is 11.1 Å². The highest BCUT2D eigenvalue weighted by Gasteiger charge is 2.13. The summed E-state index contributed by atoms with van der Waals surface area (Å²) >= 11 is 4.95. The van der Waals surface area contributed by atoms with Gasteiger partial charge in [0.2, 0.25) is 0 Å². The highest BCUT2D eigenvalue weighted by Crippen LogP contribution is 2.19. The quantitative estimate of drug-likeness (QED) is 0.622. The predicted octanol–water partition coefficient (Wildman–Crippen LogP) is 2.66. The molecule has 0 amide bonds. The molecule has 23 heavy (non-hydrogen) atoms. The highest BCUT2D eigenvalue weighted by molar-refractivity contribution is 9.10. The summed E-state index contributed by atoms with van der Waals surface area (Å²) in [6.07, 6.45) is 1.69. The van der Waals surface area contributed by atoms with Crippen molar-refractivity contribution in [2.45, 2.75) is 17.5 Å². The number of hydrogen-bond acceptors (Lipinski definition) is 5. The molecule has 0 bridgehead atoms. The van der Waals surface area contributed by atoms with Gasteiger partial charge in [0.15, 0.2) is 5.16 Å². The van der Waals surface area contributed by atoms with Gasteiger partial charge in [-0.25, -0.2) is 4.98 Å². The molecule has 0 spiro atoms. The molecule has 0 atom stereocenters. The number of nitrogens with one attached hydrogen (secondary N) is 1. The highest BCUT2D eigenvalue weighted by atomic mass is 79.9. The van der Waals surface area contributed by atoms with Gasteiger partial charge in [-0.2, -0.15) is 0 Å². The minimum absolute atomic E-state index is 0.0511. The molecule has 5 nitrogen and oxygen atoms in total. The standard InChI is InChI=1S/C16H18BrN3O2S/c17-14-3-1-12(2-4-14)11-23-16-18-9-13(15(21)19-16)10-20-5-7-22-8-6-20/h1-4,9H,5-8,10-11H2,(H,18,19,21). The number of thioether (sulfide) groups is 1. The van der Waals surface area contributed by atoms with E-state index in [0.717, 1.165) is 36.5 Å². The molecule has 1 saturated heterocycles. The smallest absolute Gasteiger partial charge is 0.256 e. The minimum Gasteiger partial charge on any atom is -0.379 e. The fourth-order valence-corrected chi connectivity index (χ4v) is 3.38. The number of morpholine rings is 1. The van der Waals surface area contributed by atoms with E-state index in [0.29, 0.717) is 17.3 Å². The van der Waals surface area contributed by atoms with E-state index < -0.39 is 0 Å². The third-order valence-corrected chi connectivity index (χ3v) is 5.12. The summed E-state index contributed by atoms with van der Waals surface area (Å²) < 4.78 is 6.38. The van der Waals surface area contributed by atoms with Crippen LogP contribution in [0.2, 0.25) is 0 Å². The van der Waals surface area contributed by atoms with Crippen LogP contribution in [0.5, 0.6) is 0 Å². The number of H-pyrrole nitrogens is 1. The molecule has 1 aliphatic rings. The maximum Gasteiger partial charge on any atom is 0.256 e. The Labute approximate surface area is 147 Å². The Kier molecular flexibility index (Phi) is 5.88. The molecule has 0 saturated carbocycles. The lowest BCUT2D eigenvalue weighted by atomic mass is 10.2. The summed E-state index contributed by atoms with van der Waals surface area (Å²) in [7, 11) is 0. The van der Waals surface area contributed by atoms with E-state index in [-0.39, 0.29) is 5.56 Å². The summed E-state index contributed by atoms with van der Waals surface area (Å²) in [6, 6.07) is 8.14. The van der Waals surface area contributed by atoms with Crippen molar-refractivity contribution in [1.29, 1.82) is 0 Å². The van der Waals surface area contributed by atoms with Crippen LogP contribution < -0.4 is 5.56 Å². The second-order valence-corrected chi connectivity index (χ2v) is 7.23. The molecule has 122 valence electrons. The van der Waals surface area contributed by atoms with E-state index in [2.05, 4.69) is 42.9 Å². The van der Waals surface area contributed by atoms with E-state index in [9.17, 15) is 4.79 Å². The molecule has 1 aromatic carbocycles. The maximum atomic E-state index is 12.2. The Morgan fingerprint density at radius 2 is 2.00 bits per heavy atom. The Balaban J connectivity index is 1.59. The van der Waals surface area contributed by atoms with E-state index in [1.807, 2.05) is 12.1 Å². The topological polar surface area (TPSA) is 58.2 Å². The molecule has 0 unspecified atom stereocenters.